The Labute approximate surface area is 582 Å². The molecule has 36 N–H and O–H groups in total. The molecule has 0 fully saturated rings. The lowest BCUT2D eigenvalue weighted by Crippen LogP contribution is -2.61. The molecule has 0 unspecified atom stereocenters. The second kappa shape index (κ2) is 45.2. The van der Waals surface area contributed by atoms with Crippen molar-refractivity contribution in [2.45, 2.75) is 158 Å². The molecule has 0 saturated carbocycles. The highest BCUT2D eigenvalue weighted by molar-refractivity contribution is 7.80. The molecule has 2 rings (SSSR count). The fraction of sp³-hybridized carbons (Fsp3) is 0.586. The number of H-pyrrole nitrogens is 1. The molecule has 0 radical (unpaired) electrons. The van der Waals surface area contributed by atoms with Crippen molar-refractivity contribution in [2.75, 3.05) is 51.6 Å². The number of carbonyl (C=O) groups excluding carboxylic acids is 10. The number of para-hydroxylation sites is 1. The van der Waals surface area contributed by atoms with E-state index in [0.717, 1.165) is 6.92 Å². The van der Waals surface area contributed by atoms with Crippen molar-refractivity contribution < 1.29 is 68.1 Å². The molecular weight excluding hydrogens is 1330 g/mol. The van der Waals surface area contributed by atoms with E-state index in [1.165, 1.54) is 0 Å². The average Bonchev–Trinajstić information content (AvgIpc) is 1.64. The number of amides is 10. The van der Waals surface area contributed by atoms with E-state index in [1.807, 2.05) is 0 Å². The smallest absolute Gasteiger partial charge is 0.326 e. The topological polar surface area (TPSA) is 733 Å². The Bertz CT molecular complexity index is 3200. The van der Waals surface area contributed by atoms with Crippen molar-refractivity contribution in [1.82, 2.24) is 58.2 Å². The van der Waals surface area contributed by atoms with Gasteiger partial charge in [-0.15, -0.1) is 0 Å². The molecular formula is C58H101N27O14S. The van der Waals surface area contributed by atoms with Crippen molar-refractivity contribution in [1.29, 1.82) is 0 Å². The number of nitrogens with one attached hydrogen (secondary N) is 11. The maximum absolute atomic E-state index is 14.4. The number of nitrogens with two attached hydrogens (primary N) is 11. The van der Waals surface area contributed by atoms with Gasteiger partial charge in [-0.05, 0) is 88.7 Å². The fourth-order valence-electron chi connectivity index (χ4n) is 9.45. The number of aromatic nitrogens is 1. The maximum Gasteiger partial charge on any atom is 0.326 e. The number of rotatable bonds is 47. The molecule has 42 heteroatoms. The zero-order valence-electron chi connectivity index (χ0n) is 56.1. The first-order valence-electron chi connectivity index (χ1n) is 31.9. The number of carbonyl (C=O) groups is 11. The van der Waals surface area contributed by atoms with Crippen molar-refractivity contribution in [3.8, 4) is 0 Å². The molecule has 0 spiro atoms. The summed E-state index contributed by atoms with van der Waals surface area (Å²) in [6.45, 7) is 2.44. The number of aliphatic imine (C=N–C) groups is 5. The number of carboxylic acid groups (broad SMARTS) is 1. The van der Waals surface area contributed by atoms with Gasteiger partial charge in [-0.2, -0.15) is 12.6 Å². The SMILES string of the molecule is CC(C)[C@@H](NC(=O)[C@@H](N)CCCN=C(N)N)C(=O)N[C@H](CS)C(=O)N[C@@H](CCCN=C(N)N)C(=O)N[C@@H](C(=O)NCC(=O)N[C@H](CCCN=C(N)N)C(=O)N[C@H](CO)C(=O)N[C@@H](CCCN=C(N)N)C(=O)N[C@H](Cc1c[nH]c2ccccc12)C(=O)N[C@@H](CCCN=C(N)N)C(=O)O)[C@@H](C)O. The average molecular weight is 1430 g/mol. The first-order valence-corrected chi connectivity index (χ1v) is 32.5. The predicted molar refractivity (Wildman–Crippen MR) is 375 cm³/mol. The lowest BCUT2D eigenvalue weighted by atomic mass is 10.0. The van der Waals surface area contributed by atoms with Crippen LogP contribution in [0.3, 0.4) is 0 Å². The van der Waals surface area contributed by atoms with Crippen LogP contribution in [0.1, 0.15) is 90.5 Å². The summed E-state index contributed by atoms with van der Waals surface area (Å²) in [6.07, 6.45) is -0.312. The molecule has 0 saturated heterocycles. The zero-order valence-corrected chi connectivity index (χ0v) is 57.0. The van der Waals surface area contributed by atoms with Crippen molar-refractivity contribution in [2.24, 2.45) is 94.0 Å². The number of hydrogen-bond donors (Lipinski definition) is 26. The molecule has 1 aromatic carbocycles. The molecule has 1 heterocycles. The van der Waals surface area contributed by atoms with Gasteiger partial charge in [-0.1, -0.05) is 32.0 Å². The number of aromatic amines is 1. The summed E-state index contributed by atoms with van der Waals surface area (Å²) in [6, 6.07) is -7.91. The molecule has 100 heavy (non-hydrogen) atoms. The highest BCUT2D eigenvalue weighted by Gasteiger charge is 2.36. The zero-order chi connectivity index (χ0) is 75.2. The van der Waals surface area contributed by atoms with E-state index in [9.17, 15) is 68.1 Å². The van der Waals surface area contributed by atoms with Gasteiger partial charge in [-0.25, -0.2) is 4.79 Å². The number of aliphatic hydroxyl groups is 2. The van der Waals surface area contributed by atoms with Crippen LogP contribution >= 0.6 is 12.6 Å². The quantitative estimate of drug-likeness (QED) is 0.0127. The third kappa shape index (κ3) is 32.7. The number of carboxylic acids is 1. The van der Waals surface area contributed by atoms with Crippen LogP contribution in [-0.4, -0.2) is 233 Å². The van der Waals surface area contributed by atoms with Gasteiger partial charge in [-0.3, -0.25) is 72.9 Å². The Morgan fingerprint density at radius 2 is 0.850 bits per heavy atom. The molecule has 0 aliphatic rings. The van der Waals surface area contributed by atoms with Gasteiger partial charge in [0.15, 0.2) is 29.8 Å². The van der Waals surface area contributed by atoms with E-state index in [1.54, 1.807) is 44.3 Å². The Morgan fingerprint density at radius 3 is 1.30 bits per heavy atom. The van der Waals surface area contributed by atoms with Crippen molar-refractivity contribution in [3.05, 3.63) is 36.0 Å². The Morgan fingerprint density at radius 1 is 0.470 bits per heavy atom. The number of fused-ring (bicyclic) bond motifs is 1. The van der Waals surface area contributed by atoms with Crippen LogP contribution in [0.5, 0.6) is 0 Å². The Kier molecular flexibility index (Phi) is 38.7. The van der Waals surface area contributed by atoms with Gasteiger partial charge < -0.3 is 137 Å². The van der Waals surface area contributed by atoms with E-state index >= 15 is 0 Å². The van der Waals surface area contributed by atoms with Crippen LogP contribution in [0.25, 0.3) is 10.9 Å². The summed E-state index contributed by atoms with van der Waals surface area (Å²) in [5.74, 6) is -13.3. The third-order valence-corrected chi connectivity index (χ3v) is 15.1. The predicted octanol–water partition coefficient (Wildman–Crippen LogP) is -10.2. The van der Waals surface area contributed by atoms with Crippen LogP contribution in [0.15, 0.2) is 55.4 Å². The molecule has 0 aliphatic carbocycles. The molecule has 41 nitrogen and oxygen atoms in total. The molecule has 0 bridgehead atoms. The van der Waals surface area contributed by atoms with Crippen LogP contribution in [-0.2, 0) is 59.2 Å². The number of thiol groups is 1. The van der Waals surface area contributed by atoms with Gasteiger partial charge >= 0.3 is 5.97 Å². The minimum atomic E-state index is -1.85. The molecule has 558 valence electrons. The first-order chi connectivity index (χ1) is 47.2. The number of aliphatic carboxylic acids is 1. The summed E-state index contributed by atoms with van der Waals surface area (Å²) in [5.41, 5.74) is 61.7. The van der Waals surface area contributed by atoms with Crippen LogP contribution in [0, 0.1) is 5.92 Å². The lowest BCUT2D eigenvalue weighted by Gasteiger charge is -2.28. The highest BCUT2D eigenvalue weighted by atomic mass is 32.1. The van der Waals surface area contributed by atoms with Crippen molar-refractivity contribution >= 4 is 118 Å². The summed E-state index contributed by atoms with van der Waals surface area (Å²) >= 11 is 4.23. The van der Waals surface area contributed by atoms with E-state index in [2.05, 4.69) is 95.7 Å². The highest BCUT2D eigenvalue weighted by Crippen LogP contribution is 2.20. The minimum absolute atomic E-state index is 0.00625. The van der Waals surface area contributed by atoms with Gasteiger partial charge in [0, 0.05) is 62.0 Å². The molecule has 10 amide bonds. The first kappa shape index (κ1) is 85.6. The van der Waals surface area contributed by atoms with E-state index in [0.29, 0.717) is 22.9 Å². The minimum Gasteiger partial charge on any atom is -0.480 e. The van der Waals surface area contributed by atoms with Gasteiger partial charge in [0.1, 0.15) is 54.4 Å². The number of benzene rings is 1. The second-order valence-corrected chi connectivity index (χ2v) is 23.6. The largest absolute Gasteiger partial charge is 0.480 e. The molecule has 2 aromatic rings. The second-order valence-electron chi connectivity index (χ2n) is 23.3. The number of guanidine groups is 5. The van der Waals surface area contributed by atoms with Gasteiger partial charge in [0.25, 0.3) is 0 Å². The summed E-state index contributed by atoms with van der Waals surface area (Å²) in [4.78, 5) is 173. The Balaban J connectivity index is 2.39. The molecule has 1 aromatic heterocycles. The Hall–Kier alpha value is -10.5. The molecule has 0 aliphatic heterocycles. The monoisotopic (exact) mass is 1430 g/mol. The van der Waals surface area contributed by atoms with Gasteiger partial charge in [0.2, 0.25) is 59.1 Å². The van der Waals surface area contributed by atoms with E-state index in [-0.39, 0.29) is 132 Å². The van der Waals surface area contributed by atoms with Crippen LogP contribution in [0.4, 0.5) is 0 Å². The van der Waals surface area contributed by atoms with Crippen molar-refractivity contribution in [3.63, 3.8) is 0 Å². The number of hydrogen-bond acceptors (Lipinski definition) is 20. The standard InChI is InChI=1S/C58H101N27O14S/c1-28(2)42(84-44(89)32(59)12-6-18-70-54(60)61)52(97)83-40(27-100)50(95)79-36(16-9-21-73-57(66)67)47(92)85-43(29(3)87)51(96)76-25-41(88)77-34(14-7-19-71-55(62)63)45(90)82-39(26-86)49(94)78-35(15-8-20-72-56(64)65)46(91)81-38(23-30-24-75-33-13-5-4-11-31(30)33)48(93)80-37(53(98)99)17-10-22-74-58(68)69/h4-5,11,13,24,28-29,32,34-40,42-43,75,86-87,100H,6-10,12,14-23,25-27,59H2,1-3H3,(H,76,96)(H,77,88)(H,78,94)(H,79,95)(H,80,93)(H,81,91)(H,82,90)(H,83,97)(H,84,89)(H,85,92)(H,98,99)(H4,60,61,70)(H4,62,63,71)(H4,64,65,72)(H4,66,67,73)(H4,68,69,74)/t29-,32+,34-,35+,36+,37+,38-,39-,40-,42-,43-/m1/s1. The fourth-order valence-corrected chi connectivity index (χ4v) is 9.70. The van der Waals surface area contributed by atoms with Crippen LogP contribution in [0.2, 0.25) is 0 Å². The maximum atomic E-state index is 14.4. The summed E-state index contributed by atoms with van der Waals surface area (Å²) in [7, 11) is 0. The van der Waals surface area contributed by atoms with E-state index in [4.69, 9.17) is 63.1 Å². The normalized spacial score (nSPS) is 14.2. The van der Waals surface area contributed by atoms with Crippen LogP contribution < -0.4 is 116 Å². The van der Waals surface area contributed by atoms with Gasteiger partial charge in [0.05, 0.1) is 25.3 Å². The number of aliphatic hydroxyl groups excluding tert-OH is 2. The summed E-state index contributed by atoms with van der Waals surface area (Å²) in [5, 5.41) is 56.6. The summed E-state index contributed by atoms with van der Waals surface area (Å²) < 4.78 is 0. The molecule has 11 atom stereocenters. The van der Waals surface area contributed by atoms with E-state index < -0.39 is 151 Å². The third-order valence-electron chi connectivity index (χ3n) is 14.7. The lowest BCUT2D eigenvalue weighted by molar-refractivity contribution is -0.142. The number of nitrogens with zero attached hydrogens (tertiary/aromatic N) is 5.